The van der Waals surface area contributed by atoms with Crippen molar-refractivity contribution in [2.45, 2.75) is 18.4 Å². The number of esters is 1. The van der Waals surface area contributed by atoms with Gasteiger partial charge in [-0.15, -0.1) is 0 Å². The van der Waals surface area contributed by atoms with Crippen LogP contribution >= 0.6 is 11.3 Å². The summed E-state index contributed by atoms with van der Waals surface area (Å²) < 4.78 is 42.0. The molecule has 0 spiro atoms. The summed E-state index contributed by atoms with van der Waals surface area (Å²) in [5.74, 6) is -0.00623. The highest BCUT2D eigenvalue weighted by atomic mass is 32.2. The van der Waals surface area contributed by atoms with Crippen LogP contribution in [0.15, 0.2) is 46.3 Å². The van der Waals surface area contributed by atoms with Crippen LogP contribution < -0.4 is 14.3 Å². The Bertz CT molecular complexity index is 1390. The number of benzene rings is 2. The van der Waals surface area contributed by atoms with E-state index in [9.17, 15) is 18.0 Å². The van der Waals surface area contributed by atoms with Gasteiger partial charge in [0.25, 0.3) is 5.91 Å². The van der Waals surface area contributed by atoms with Crippen LogP contribution in [0.25, 0.3) is 10.2 Å². The molecular weight excluding hydrogens is 456 g/mol. The van der Waals surface area contributed by atoms with Gasteiger partial charge in [-0.1, -0.05) is 11.3 Å². The molecule has 168 valence electrons. The first-order valence-electron chi connectivity index (χ1n) is 9.74. The smallest absolute Gasteiger partial charge is 0.326 e. The summed E-state index contributed by atoms with van der Waals surface area (Å²) in [5, 5.41) is 0. The number of carbonyl (C=O) groups is 2. The molecule has 0 fully saturated rings. The first kappa shape index (κ1) is 22.0. The molecule has 0 saturated carbocycles. The third-order valence-electron chi connectivity index (χ3n) is 4.66. The fourth-order valence-corrected chi connectivity index (χ4v) is 4.97. The van der Waals surface area contributed by atoms with E-state index >= 15 is 0 Å². The summed E-state index contributed by atoms with van der Waals surface area (Å²) in [6, 6.07) is 9.35. The second-order valence-corrected chi connectivity index (χ2v) is 9.98. The van der Waals surface area contributed by atoms with Gasteiger partial charge in [-0.05, 0) is 43.3 Å². The highest BCUT2D eigenvalue weighted by molar-refractivity contribution is 7.90. The lowest BCUT2D eigenvalue weighted by Crippen LogP contribution is -2.23. The van der Waals surface area contributed by atoms with Crippen LogP contribution in [-0.2, 0) is 25.9 Å². The molecule has 0 aliphatic carbocycles. The molecule has 11 heteroatoms. The maximum atomic E-state index is 12.9. The highest BCUT2D eigenvalue weighted by Crippen LogP contribution is 2.31. The largest absolute Gasteiger partial charge is 0.486 e. The number of amides is 1. The lowest BCUT2D eigenvalue weighted by molar-refractivity contribution is -0.143. The maximum absolute atomic E-state index is 12.9. The molecule has 1 aromatic heterocycles. The molecule has 0 radical (unpaired) electrons. The van der Waals surface area contributed by atoms with Crippen molar-refractivity contribution in [1.82, 2.24) is 4.57 Å². The minimum atomic E-state index is -3.42. The number of rotatable bonds is 5. The highest BCUT2D eigenvalue weighted by Gasteiger charge is 2.17. The Balaban J connectivity index is 1.81. The van der Waals surface area contributed by atoms with Crippen molar-refractivity contribution >= 4 is 43.3 Å². The number of hydrogen-bond donors (Lipinski definition) is 0. The Morgan fingerprint density at radius 3 is 2.59 bits per heavy atom. The second kappa shape index (κ2) is 8.75. The maximum Gasteiger partial charge on any atom is 0.326 e. The van der Waals surface area contributed by atoms with E-state index in [1.54, 1.807) is 35.8 Å². The van der Waals surface area contributed by atoms with Crippen LogP contribution in [0.2, 0.25) is 0 Å². The van der Waals surface area contributed by atoms with Crippen LogP contribution in [0.5, 0.6) is 11.5 Å². The molecule has 32 heavy (non-hydrogen) atoms. The average molecular weight is 477 g/mol. The van der Waals surface area contributed by atoms with Gasteiger partial charge < -0.3 is 18.8 Å². The van der Waals surface area contributed by atoms with Crippen molar-refractivity contribution in [3.05, 3.63) is 46.8 Å². The topological polar surface area (TPSA) is 113 Å². The van der Waals surface area contributed by atoms with E-state index in [1.807, 2.05) is 0 Å². The number of carbonyl (C=O) groups excluding carboxylic acids is 2. The van der Waals surface area contributed by atoms with Gasteiger partial charge >= 0.3 is 5.97 Å². The van der Waals surface area contributed by atoms with E-state index in [0.29, 0.717) is 40.5 Å². The van der Waals surface area contributed by atoms with E-state index in [2.05, 4.69) is 4.99 Å². The average Bonchev–Trinajstić information content (AvgIpc) is 3.09. The predicted molar refractivity (Wildman–Crippen MR) is 117 cm³/mol. The standard InChI is InChI=1S/C21H20N2O7S2/c1-3-28-19(24)12-23-15-6-5-14(32(2,26)27)11-18(15)31-21(23)22-20(25)13-4-7-16-17(10-13)30-9-8-29-16/h4-7,10-11H,3,8-9,12H2,1-2H3. The lowest BCUT2D eigenvalue weighted by atomic mass is 10.2. The van der Waals surface area contributed by atoms with Crippen molar-refractivity contribution in [2.75, 3.05) is 26.1 Å². The van der Waals surface area contributed by atoms with Crippen LogP contribution in [-0.4, -0.2) is 50.9 Å². The molecular formula is C21H20N2O7S2. The molecule has 0 bridgehead atoms. The summed E-state index contributed by atoms with van der Waals surface area (Å²) in [6.45, 7) is 2.57. The quantitative estimate of drug-likeness (QED) is 0.519. The fourth-order valence-electron chi connectivity index (χ4n) is 3.19. The first-order valence-corrected chi connectivity index (χ1v) is 12.4. The monoisotopic (exact) mass is 476 g/mol. The van der Waals surface area contributed by atoms with Gasteiger partial charge in [0.2, 0.25) is 0 Å². The Morgan fingerprint density at radius 2 is 1.88 bits per heavy atom. The van der Waals surface area contributed by atoms with Gasteiger partial charge in [0.05, 0.1) is 21.7 Å². The molecule has 2 heterocycles. The van der Waals surface area contributed by atoms with Crippen LogP contribution in [0.1, 0.15) is 17.3 Å². The number of thiazole rings is 1. The predicted octanol–water partition coefficient (Wildman–Crippen LogP) is 2.18. The molecule has 9 nitrogen and oxygen atoms in total. The van der Waals surface area contributed by atoms with Gasteiger partial charge in [-0.25, -0.2) is 8.42 Å². The molecule has 0 atom stereocenters. The lowest BCUT2D eigenvalue weighted by Gasteiger charge is -2.18. The number of sulfone groups is 1. The van der Waals surface area contributed by atoms with Crippen LogP contribution in [0.4, 0.5) is 0 Å². The Hall–Kier alpha value is -3.18. The summed E-state index contributed by atoms with van der Waals surface area (Å²) in [5.41, 5.74) is 0.871. The zero-order valence-corrected chi connectivity index (χ0v) is 19.0. The van der Waals surface area contributed by atoms with Crippen LogP contribution in [0.3, 0.4) is 0 Å². The third kappa shape index (κ3) is 4.53. The van der Waals surface area contributed by atoms with Crippen molar-refractivity contribution in [3.8, 4) is 11.5 Å². The summed E-state index contributed by atoms with van der Waals surface area (Å²) in [7, 11) is -3.42. The SMILES string of the molecule is CCOC(=O)Cn1c(=NC(=O)c2ccc3c(c2)OCCO3)sc2cc(S(C)(=O)=O)ccc21. The number of ether oxygens (including phenoxy) is 3. The van der Waals surface area contributed by atoms with E-state index in [1.165, 1.54) is 12.1 Å². The number of aromatic nitrogens is 1. The fraction of sp³-hybridized carbons (Fsp3) is 0.286. The molecule has 1 aliphatic rings. The zero-order valence-electron chi connectivity index (χ0n) is 17.4. The minimum absolute atomic E-state index is 0.138. The normalized spacial score (nSPS) is 13.9. The number of fused-ring (bicyclic) bond motifs is 2. The van der Waals surface area contributed by atoms with Gasteiger partial charge in [-0.2, -0.15) is 4.99 Å². The van der Waals surface area contributed by atoms with E-state index < -0.39 is 21.7 Å². The van der Waals surface area contributed by atoms with Crippen molar-refractivity contribution in [2.24, 2.45) is 4.99 Å². The van der Waals surface area contributed by atoms with E-state index in [4.69, 9.17) is 14.2 Å². The van der Waals surface area contributed by atoms with Crippen molar-refractivity contribution in [1.29, 1.82) is 0 Å². The molecule has 1 aliphatic heterocycles. The Kier molecular flexibility index (Phi) is 6.02. The van der Waals surface area contributed by atoms with Gasteiger partial charge in [0, 0.05) is 11.8 Å². The molecule has 4 rings (SSSR count). The van der Waals surface area contributed by atoms with Crippen molar-refractivity contribution < 1.29 is 32.2 Å². The van der Waals surface area contributed by atoms with Crippen molar-refractivity contribution in [3.63, 3.8) is 0 Å². The van der Waals surface area contributed by atoms with Gasteiger partial charge in [0.15, 0.2) is 26.1 Å². The molecule has 3 aromatic rings. The van der Waals surface area contributed by atoms with Crippen LogP contribution in [0, 0.1) is 0 Å². The minimum Gasteiger partial charge on any atom is -0.486 e. The third-order valence-corrected chi connectivity index (χ3v) is 6.81. The molecule has 0 unspecified atom stereocenters. The van der Waals surface area contributed by atoms with E-state index in [-0.39, 0.29) is 22.8 Å². The van der Waals surface area contributed by atoms with Gasteiger partial charge in [-0.3, -0.25) is 9.59 Å². The molecule has 0 saturated heterocycles. The molecule has 2 aromatic carbocycles. The zero-order chi connectivity index (χ0) is 22.9. The Labute approximate surface area is 187 Å². The number of hydrogen-bond acceptors (Lipinski definition) is 8. The summed E-state index contributed by atoms with van der Waals surface area (Å²) in [4.78, 5) is 29.6. The summed E-state index contributed by atoms with van der Waals surface area (Å²) >= 11 is 1.11. The number of nitrogens with zero attached hydrogens (tertiary/aromatic N) is 2. The first-order chi connectivity index (χ1) is 15.3. The van der Waals surface area contributed by atoms with Gasteiger partial charge in [0.1, 0.15) is 19.8 Å². The van der Waals surface area contributed by atoms with E-state index in [0.717, 1.165) is 17.6 Å². The Morgan fingerprint density at radius 1 is 1.12 bits per heavy atom. The molecule has 1 amide bonds. The second-order valence-electron chi connectivity index (χ2n) is 6.95. The summed E-state index contributed by atoms with van der Waals surface area (Å²) in [6.07, 6.45) is 1.12. The molecule has 0 N–H and O–H groups in total.